The fraction of sp³-hybridized carbons (Fsp3) is 0.520. The van der Waals surface area contributed by atoms with Gasteiger partial charge in [-0.1, -0.05) is 13.0 Å². The number of piperidine rings is 1. The largest absolute Gasteiger partial charge is 0.369 e. The van der Waals surface area contributed by atoms with Crippen molar-refractivity contribution in [2.75, 3.05) is 24.6 Å². The second-order valence-corrected chi connectivity index (χ2v) is 10.3. The second-order valence-electron chi connectivity index (χ2n) is 9.10. The van der Waals surface area contributed by atoms with Crippen LogP contribution in [0.3, 0.4) is 0 Å². The van der Waals surface area contributed by atoms with E-state index >= 15 is 0 Å². The molecule has 5 rings (SSSR count). The van der Waals surface area contributed by atoms with Crippen molar-refractivity contribution in [3.8, 4) is 0 Å². The number of halogens is 1. The molecule has 8 heteroatoms. The van der Waals surface area contributed by atoms with Gasteiger partial charge in [-0.25, -0.2) is 9.37 Å². The Labute approximate surface area is 197 Å². The summed E-state index contributed by atoms with van der Waals surface area (Å²) in [5.41, 5.74) is 2.93. The number of aryl methyl sites for hydroxylation is 3. The lowest BCUT2D eigenvalue weighted by Crippen LogP contribution is -2.45. The molecule has 3 aromatic rings. The molecule has 1 spiro atoms. The third kappa shape index (κ3) is 4.32. The van der Waals surface area contributed by atoms with Crippen LogP contribution in [0.15, 0.2) is 24.4 Å². The molecule has 0 bridgehead atoms. The molecule has 2 aromatic heterocycles. The highest BCUT2D eigenvalue weighted by Gasteiger charge is 2.42. The van der Waals surface area contributed by atoms with Crippen molar-refractivity contribution in [1.29, 1.82) is 0 Å². The molecule has 0 unspecified atom stereocenters. The van der Waals surface area contributed by atoms with E-state index in [4.69, 9.17) is 9.47 Å². The Hall–Kier alpha value is -2.29. The third-order valence-corrected chi connectivity index (χ3v) is 7.53. The zero-order valence-electron chi connectivity index (χ0n) is 19.4. The number of hydrogen-bond acceptors (Lipinski definition) is 6. The molecule has 2 aliphatic heterocycles. The molecule has 1 aromatic carbocycles. The number of ether oxygens (including phenoxy) is 2. The van der Waals surface area contributed by atoms with Crippen molar-refractivity contribution in [1.82, 2.24) is 9.38 Å². The molecule has 4 heterocycles. The fourth-order valence-corrected chi connectivity index (χ4v) is 5.78. The Balaban J connectivity index is 1.24. The van der Waals surface area contributed by atoms with Gasteiger partial charge in [-0.3, -0.25) is 9.20 Å². The molecule has 2 aliphatic rings. The van der Waals surface area contributed by atoms with E-state index in [1.165, 1.54) is 0 Å². The number of Topliss-reactive ketones (excluding diaryl/α,β-unsaturated/α-hetero) is 1. The minimum Gasteiger partial charge on any atom is -0.369 e. The summed E-state index contributed by atoms with van der Waals surface area (Å²) in [6.07, 6.45) is 5.09. The average Bonchev–Trinajstić information content (AvgIpc) is 3.44. The number of aromatic nitrogens is 2. The predicted molar refractivity (Wildman–Crippen MR) is 127 cm³/mol. The van der Waals surface area contributed by atoms with Gasteiger partial charge in [-0.2, -0.15) is 0 Å². The Kier molecular flexibility index (Phi) is 6.01. The molecule has 0 aliphatic carbocycles. The number of ketones is 1. The summed E-state index contributed by atoms with van der Waals surface area (Å²) in [5, 5.41) is 0. The fourth-order valence-electron chi connectivity index (χ4n) is 4.94. The van der Waals surface area contributed by atoms with E-state index in [2.05, 4.69) is 9.88 Å². The molecule has 0 amide bonds. The van der Waals surface area contributed by atoms with E-state index in [0.717, 1.165) is 33.9 Å². The maximum atomic E-state index is 15.0. The Morgan fingerprint density at radius 3 is 2.79 bits per heavy atom. The highest BCUT2D eigenvalue weighted by atomic mass is 32.1. The van der Waals surface area contributed by atoms with Crippen LogP contribution in [0.1, 0.15) is 59.7 Å². The minimum atomic E-state index is -0.496. The number of hydrogen-bond donors (Lipinski definition) is 0. The van der Waals surface area contributed by atoms with E-state index in [1.54, 1.807) is 17.4 Å². The van der Waals surface area contributed by atoms with Gasteiger partial charge in [-0.15, -0.1) is 11.3 Å². The van der Waals surface area contributed by atoms with E-state index in [1.807, 2.05) is 43.5 Å². The number of rotatable bonds is 6. The molecule has 0 radical (unpaired) electrons. The second kappa shape index (κ2) is 8.81. The SMILES string of the molecule is CCc1nc2sc(C)cn2c1C(=O)CCc1ccc(N2CCC3(CC2)OC[C@@H](C)O3)c(F)c1. The van der Waals surface area contributed by atoms with Crippen LogP contribution in [0.2, 0.25) is 0 Å². The van der Waals surface area contributed by atoms with Gasteiger partial charge < -0.3 is 14.4 Å². The number of thiazole rings is 1. The quantitative estimate of drug-likeness (QED) is 0.476. The lowest BCUT2D eigenvalue weighted by Gasteiger charge is -2.39. The molecular weight excluding hydrogens is 441 g/mol. The van der Waals surface area contributed by atoms with Gasteiger partial charge in [0.25, 0.3) is 0 Å². The van der Waals surface area contributed by atoms with Gasteiger partial charge in [0, 0.05) is 43.4 Å². The Morgan fingerprint density at radius 1 is 1.33 bits per heavy atom. The van der Waals surface area contributed by atoms with Crippen LogP contribution in [0.4, 0.5) is 10.1 Å². The summed E-state index contributed by atoms with van der Waals surface area (Å²) in [6.45, 7) is 8.05. The maximum absolute atomic E-state index is 15.0. The summed E-state index contributed by atoms with van der Waals surface area (Å²) in [5.74, 6) is -0.690. The first kappa shape index (κ1) is 22.5. The van der Waals surface area contributed by atoms with Crippen molar-refractivity contribution in [3.05, 3.63) is 52.0 Å². The number of anilines is 1. The van der Waals surface area contributed by atoms with Crippen LogP contribution >= 0.6 is 11.3 Å². The van der Waals surface area contributed by atoms with Gasteiger partial charge in [0.15, 0.2) is 16.5 Å². The molecular formula is C25H30FN3O3S. The van der Waals surface area contributed by atoms with Crippen molar-refractivity contribution < 1.29 is 18.7 Å². The number of nitrogens with zero attached hydrogens (tertiary/aromatic N) is 3. The van der Waals surface area contributed by atoms with E-state index in [-0.39, 0.29) is 17.7 Å². The van der Waals surface area contributed by atoms with Crippen LogP contribution in [0.5, 0.6) is 0 Å². The van der Waals surface area contributed by atoms with Crippen molar-refractivity contribution in [2.45, 2.75) is 64.8 Å². The van der Waals surface area contributed by atoms with Gasteiger partial charge in [0.05, 0.1) is 24.1 Å². The molecule has 33 heavy (non-hydrogen) atoms. The van der Waals surface area contributed by atoms with Crippen LogP contribution in [0, 0.1) is 12.7 Å². The highest BCUT2D eigenvalue weighted by Crippen LogP contribution is 2.36. The molecule has 6 nitrogen and oxygen atoms in total. The van der Waals surface area contributed by atoms with Crippen molar-refractivity contribution in [3.63, 3.8) is 0 Å². The number of fused-ring (bicyclic) bond motifs is 1. The third-order valence-electron chi connectivity index (χ3n) is 6.63. The molecule has 0 N–H and O–H groups in total. The van der Waals surface area contributed by atoms with Gasteiger partial charge in [0.1, 0.15) is 11.5 Å². The van der Waals surface area contributed by atoms with Gasteiger partial charge in [-0.05, 0) is 44.4 Å². The molecule has 2 fully saturated rings. The van der Waals surface area contributed by atoms with E-state index in [0.29, 0.717) is 50.3 Å². The van der Waals surface area contributed by atoms with Crippen LogP contribution in [-0.4, -0.2) is 46.8 Å². The monoisotopic (exact) mass is 471 g/mol. The summed E-state index contributed by atoms with van der Waals surface area (Å²) < 4.78 is 28.7. The minimum absolute atomic E-state index is 0.0498. The average molecular weight is 472 g/mol. The number of carbonyl (C=O) groups excluding carboxylic acids is 1. The summed E-state index contributed by atoms with van der Waals surface area (Å²) in [4.78, 5) is 21.7. The lowest BCUT2D eigenvalue weighted by molar-refractivity contribution is -0.178. The van der Waals surface area contributed by atoms with Crippen LogP contribution in [0.25, 0.3) is 4.96 Å². The zero-order valence-corrected chi connectivity index (χ0v) is 20.2. The Bertz CT molecular complexity index is 1180. The normalized spacial score (nSPS) is 20.2. The standard InChI is InChI=1S/C25H30FN3O3S/c1-4-20-23(29-14-17(3)33-24(29)27-20)22(30)8-6-18-5-7-21(19(26)13-18)28-11-9-25(10-12-28)31-15-16(2)32-25/h5,7,13-14,16H,4,6,8-12,15H2,1-3H3/t16-/m1/s1. The van der Waals surface area contributed by atoms with Crippen molar-refractivity contribution >= 4 is 27.8 Å². The first-order valence-electron chi connectivity index (χ1n) is 11.7. The molecule has 1 atom stereocenters. The van der Waals surface area contributed by atoms with Crippen molar-refractivity contribution in [2.24, 2.45) is 0 Å². The highest BCUT2D eigenvalue weighted by molar-refractivity contribution is 7.17. The predicted octanol–water partition coefficient (Wildman–Crippen LogP) is 4.95. The topological polar surface area (TPSA) is 56.1 Å². The lowest BCUT2D eigenvalue weighted by atomic mass is 10.0. The molecule has 176 valence electrons. The summed E-state index contributed by atoms with van der Waals surface area (Å²) >= 11 is 1.59. The van der Waals surface area contributed by atoms with Gasteiger partial charge in [0.2, 0.25) is 0 Å². The zero-order chi connectivity index (χ0) is 23.2. The number of imidazole rings is 1. The van der Waals surface area contributed by atoms with E-state index in [9.17, 15) is 9.18 Å². The summed E-state index contributed by atoms with van der Waals surface area (Å²) in [7, 11) is 0. The molecule has 2 saturated heterocycles. The summed E-state index contributed by atoms with van der Waals surface area (Å²) in [6, 6.07) is 5.34. The van der Waals surface area contributed by atoms with Crippen LogP contribution < -0.4 is 4.90 Å². The number of carbonyl (C=O) groups is 1. The van der Waals surface area contributed by atoms with Crippen LogP contribution in [-0.2, 0) is 22.3 Å². The Morgan fingerprint density at radius 2 is 2.12 bits per heavy atom. The first-order chi connectivity index (χ1) is 15.9. The van der Waals surface area contributed by atoms with E-state index < -0.39 is 5.79 Å². The smallest absolute Gasteiger partial charge is 0.194 e. The number of benzene rings is 1. The maximum Gasteiger partial charge on any atom is 0.194 e. The first-order valence-corrected chi connectivity index (χ1v) is 12.5. The molecule has 0 saturated carbocycles. The van der Waals surface area contributed by atoms with Gasteiger partial charge >= 0.3 is 0 Å².